The van der Waals surface area contributed by atoms with Gasteiger partial charge in [0.1, 0.15) is 0 Å². The third-order valence-corrected chi connectivity index (χ3v) is 7.93. The molecule has 34 heavy (non-hydrogen) atoms. The lowest BCUT2D eigenvalue weighted by atomic mass is 9.97. The Hall–Kier alpha value is -3.15. The number of thiazole rings is 1. The molecular weight excluding hydrogens is 476 g/mol. The summed E-state index contributed by atoms with van der Waals surface area (Å²) in [5, 5.41) is 4.86. The molecule has 1 aliphatic heterocycles. The van der Waals surface area contributed by atoms with Crippen molar-refractivity contribution in [1.82, 2.24) is 9.88 Å². The summed E-state index contributed by atoms with van der Waals surface area (Å²) in [6.07, 6.45) is 2.32. The number of amides is 1. The number of aromatic nitrogens is 1. The first-order valence-corrected chi connectivity index (χ1v) is 13.0. The molecule has 0 aliphatic carbocycles. The summed E-state index contributed by atoms with van der Waals surface area (Å²) in [7, 11) is -0.523. The molecule has 1 aromatic heterocycles. The highest BCUT2D eigenvalue weighted by Crippen LogP contribution is 2.33. The zero-order valence-corrected chi connectivity index (χ0v) is 20.7. The fourth-order valence-corrected chi connectivity index (χ4v) is 5.60. The van der Waals surface area contributed by atoms with E-state index in [0.29, 0.717) is 28.9 Å². The number of nitrogens with one attached hydrogen (secondary N) is 2. The van der Waals surface area contributed by atoms with Crippen molar-refractivity contribution in [3.63, 3.8) is 0 Å². The number of rotatable bonds is 8. The molecule has 0 spiro atoms. The van der Waals surface area contributed by atoms with E-state index < -0.39 is 10.0 Å². The molecule has 0 fully saturated rings. The van der Waals surface area contributed by atoms with E-state index in [1.807, 2.05) is 19.1 Å². The molecule has 2 N–H and O–H groups in total. The highest BCUT2D eigenvalue weighted by Gasteiger charge is 2.27. The number of nitrogens with zero attached hydrogens (tertiary/aromatic N) is 2. The maximum absolute atomic E-state index is 12.9. The van der Waals surface area contributed by atoms with Gasteiger partial charge in [-0.15, -0.1) is 11.3 Å². The minimum absolute atomic E-state index is 0.0887. The zero-order valence-electron chi connectivity index (χ0n) is 19.1. The van der Waals surface area contributed by atoms with E-state index in [4.69, 9.17) is 9.47 Å². The number of ether oxygens (including phenoxy) is 2. The molecule has 180 valence electrons. The van der Waals surface area contributed by atoms with E-state index in [1.54, 1.807) is 31.7 Å². The lowest BCUT2D eigenvalue weighted by Gasteiger charge is -2.33. The van der Waals surface area contributed by atoms with Crippen LogP contribution in [-0.4, -0.2) is 51.0 Å². The van der Waals surface area contributed by atoms with Crippen molar-refractivity contribution in [2.75, 3.05) is 30.8 Å². The fraction of sp³-hybridized carbons (Fsp3) is 0.304. The first kappa shape index (κ1) is 24.0. The number of carbonyl (C=O) groups is 1. The van der Waals surface area contributed by atoms with Crippen molar-refractivity contribution < 1.29 is 22.7 Å². The van der Waals surface area contributed by atoms with Gasteiger partial charge in [-0.1, -0.05) is 0 Å². The molecule has 9 nitrogen and oxygen atoms in total. The maximum Gasteiger partial charge on any atom is 0.263 e. The average molecular weight is 503 g/mol. The van der Waals surface area contributed by atoms with Crippen LogP contribution >= 0.6 is 11.3 Å². The van der Waals surface area contributed by atoms with Crippen LogP contribution in [0.4, 0.5) is 10.8 Å². The quantitative estimate of drug-likeness (QED) is 0.486. The van der Waals surface area contributed by atoms with E-state index in [-0.39, 0.29) is 16.8 Å². The second-order valence-electron chi connectivity index (χ2n) is 7.83. The van der Waals surface area contributed by atoms with Gasteiger partial charge in [-0.05, 0) is 60.9 Å². The molecule has 0 bridgehead atoms. The van der Waals surface area contributed by atoms with Crippen molar-refractivity contribution in [2.45, 2.75) is 30.8 Å². The zero-order chi connectivity index (χ0) is 24.3. The number of anilines is 2. The van der Waals surface area contributed by atoms with Gasteiger partial charge in [-0.2, -0.15) is 0 Å². The largest absolute Gasteiger partial charge is 0.493 e. The molecule has 0 saturated carbocycles. The van der Waals surface area contributed by atoms with Crippen LogP contribution in [0.1, 0.15) is 18.1 Å². The SMILES string of the molecule is COc1cc2c(cc1OC)CN(C(C)C(=O)Nc1ccc(S(=O)(=O)Nc3nccs3)cc1)CC2. The Kier molecular flexibility index (Phi) is 7.05. The number of hydrogen-bond acceptors (Lipinski definition) is 8. The molecule has 2 heterocycles. The van der Waals surface area contributed by atoms with Gasteiger partial charge in [0.2, 0.25) is 5.91 Å². The third kappa shape index (κ3) is 5.16. The summed E-state index contributed by atoms with van der Waals surface area (Å²) in [6.45, 7) is 3.21. The molecule has 0 radical (unpaired) electrons. The molecule has 1 unspecified atom stereocenters. The monoisotopic (exact) mass is 502 g/mol. The van der Waals surface area contributed by atoms with E-state index in [0.717, 1.165) is 18.5 Å². The average Bonchev–Trinajstić information content (AvgIpc) is 3.34. The van der Waals surface area contributed by atoms with Crippen molar-refractivity contribution >= 4 is 38.1 Å². The van der Waals surface area contributed by atoms with Gasteiger partial charge in [-0.3, -0.25) is 14.4 Å². The summed E-state index contributed by atoms with van der Waals surface area (Å²) >= 11 is 1.20. The predicted molar refractivity (Wildman–Crippen MR) is 131 cm³/mol. The van der Waals surface area contributed by atoms with Gasteiger partial charge < -0.3 is 14.8 Å². The summed E-state index contributed by atoms with van der Waals surface area (Å²) in [5.41, 5.74) is 2.81. The summed E-state index contributed by atoms with van der Waals surface area (Å²) in [6, 6.07) is 9.63. The standard InChI is InChI=1S/C23H26N4O5S2/c1-15(27-10-8-16-12-20(31-2)21(32-3)13-17(16)14-27)22(28)25-18-4-6-19(7-5-18)34(29,30)26-23-24-9-11-33-23/h4-7,9,11-13,15H,8,10,14H2,1-3H3,(H,24,26)(H,25,28). The van der Waals surface area contributed by atoms with Crippen LogP contribution in [0.2, 0.25) is 0 Å². The summed E-state index contributed by atoms with van der Waals surface area (Å²) < 4.78 is 38.2. The Bertz CT molecular complexity index is 1260. The number of benzene rings is 2. The van der Waals surface area contributed by atoms with Gasteiger partial charge in [0.25, 0.3) is 10.0 Å². The molecule has 3 aromatic rings. The molecule has 4 rings (SSSR count). The minimum Gasteiger partial charge on any atom is -0.493 e. The highest BCUT2D eigenvalue weighted by molar-refractivity contribution is 7.93. The molecular formula is C23H26N4O5S2. The Labute approximate surface area is 202 Å². The second kappa shape index (κ2) is 10.00. The summed E-state index contributed by atoms with van der Waals surface area (Å²) in [5.74, 6) is 1.20. The maximum atomic E-state index is 12.9. The number of hydrogen-bond donors (Lipinski definition) is 2. The van der Waals surface area contributed by atoms with Gasteiger partial charge in [0, 0.05) is 30.4 Å². The predicted octanol–water partition coefficient (Wildman–Crippen LogP) is 3.35. The Morgan fingerprint density at radius 3 is 2.41 bits per heavy atom. The van der Waals surface area contributed by atoms with Crippen LogP contribution in [0.15, 0.2) is 52.9 Å². The van der Waals surface area contributed by atoms with Gasteiger partial charge in [0.05, 0.1) is 25.2 Å². The minimum atomic E-state index is -3.74. The smallest absolute Gasteiger partial charge is 0.263 e. The van der Waals surface area contributed by atoms with Crippen LogP contribution in [0.5, 0.6) is 11.5 Å². The van der Waals surface area contributed by atoms with Crippen LogP contribution in [-0.2, 0) is 27.8 Å². The van der Waals surface area contributed by atoms with Gasteiger partial charge in [-0.25, -0.2) is 13.4 Å². The molecule has 0 saturated heterocycles. The Balaban J connectivity index is 1.40. The van der Waals surface area contributed by atoms with E-state index in [1.165, 1.54) is 35.2 Å². The molecule has 11 heteroatoms. The van der Waals surface area contributed by atoms with Crippen LogP contribution in [0.3, 0.4) is 0 Å². The van der Waals surface area contributed by atoms with Crippen molar-refractivity contribution in [3.05, 3.63) is 59.1 Å². The normalized spacial score (nSPS) is 14.7. The van der Waals surface area contributed by atoms with Gasteiger partial charge in [0.15, 0.2) is 16.6 Å². The first-order valence-electron chi connectivity index (χ1n) is 10.6. The van der Waals surface area contributed by atoms with Gasteiger partial charge >= 0.3 is 0 Å². The van der Waals surface area contributed by atoms with E-state index in [9.17, 15) is 13.2 Å². The molecule has 1 aliphatic rings. The first-order chi connectivity index (χ1) is 16.3. The van der Waals surface area contributed by atoms with Crippen LogP contribution in [0, 0.1) is 0 Å². The number of methoxy groups -OCH3 is 2. The number of fused-ring (bicyclic) bond motifs is 1. The van der Waals surface area contributed by atoms with Crippen molar-refractivity contribution in [1.29, 1.82) is 0 Å². The lowest BCUT2D eigenvalue weighted by Crippen LogP contribution is -2.44. The van der Waals surface area contributed by atoms with Crippen LogP contribution in [0.25, 0.3) is 0 Å². The molecule has 2 aromatic carbocycles. The fourth-order valence-electron chi connectivity index (χ4n) is 3.81. The second-order valence-corrected chi connectivity index (χ2v) is 10.4. The topological polar surface area (TPSA) is 110 Å². The van der Waals surface area contributed by atoms with E-state index >= 15 is 0 Å². The Morgan fingerprint density at radius 2 is 1.79 bits per heavy atom. The van der Waals surface area contributed by atoms with Crippen molar-refractivity contribution in [3.8, 4) is 11.5 Å². The molecule has 1 atom stereocenters. The van der Waals surface area contributed by atoms with Crippen molar-refractivity contribution in [2.24, 2.45) is 0 Å². The van der Waals surface area contributed by atoms with E-state index in [2.05, 4.69) is 19.9 Å². The highest BCUT2D eigenvalue weighted by atomic mass is 32.2. The molecule has 1 amide bonds. The van der Waals surface area contributed by atoms with Crippen LogP contribution < -0.4 is 19.5 Å². The third-order valence-electron chi connectivity index (χ3n) is 5.76. The summed E-state index contributed by atoms with van der Waals surface area (Å²) in [4.78, 5) is 19.0. The Morgan fingerprint density at radius 1 is 1.12 bits per heavy atom. The lowest BCUT2D eigenvalue weighted by molar-refractivity contribution is -0.121. The number of carbonyl (C=O) groups excluding carboxylic acids is 1. The number of sulfonamides is 1.